The van der Waals surface area contributed by atoms with E-state index in [-0.39, 0.29) is 0 Å². The highest BCUT2D eigenvalue weighted by Gasteiger charge is 2.38. The number of benzene rings is 8. The fourth-order valence-corrected chi connectivity index (χ4v) is 8.64. The second-order valence-electron chi connectivity index (χ2n) is 13.6. The Morgan fingerprint density at radius 3 is 1.32 bits per heavy atom. The average molecular weight is 676 g/mol. The number of hydrogen-bond acceptors (Lipinski definition) is 1. The van der Waals surface area contributed by atoms with Gasteiger partial charge in [-0.3, -0.25) is 0 Å². The van der Waals surface area contributed by atoms with Crippen LogP contribution >= 0.6 is 0 Å². The zero-order valence-electron chi connectivity index (χ0n) is 28.9. The number of aromatic nitrogens is 2. The van der Waals surface area contributed by atoms with Crippen LogP contribution in [0.15, 0.2) is 200 Å². The third-order valence-electron chi connectivity index (χ3n) is 10.9. The van der Waals surface area contributed by atoms with Crippen molar-refractivity contribution in [1.82, 2.24) is 9.13 Å². The van der Waals surface area contributed by atoms with Crippen LogP contribution in [0.3, 0.4) is 0 Å². The first kappa shape index (κ1) is 30.7. The lowest BCUT2D eigenvalue weighted by Crippen LogP contribution is -2.31. The van der Waals surface area contributed by atoms with Crippen LogP contribution in [0.5, 0.6) is 0 Å². The third kappa shape index (κ3) is 4.67. The summed E-state index contributed by atoms with van der Waals surface area (Å²) in [5.41, 5.74) is 11.7. The molecule has 3 heteroatoms. The smallest absolute Gasteiger partial charge is 0.0991 e. The van der Waals surface area contributed by atoms with E-state index >= 15 is 0 Å². The maximum atomic E-state index is 9.68. The van der Waals surface area contributed by atoms with Gasteiger partial charge in [-0.2, -0.15) is 5.26 Å². The summed E-state index contributed by atoms with van der Waals surface area (Å²) in [6, 6.07) is 74.1. The zero-order chi connectivity index (χ0) is 35.4. The first-order valence-corrected chi connectivity index (χ1v) is 18.0. The Hall–Kier alpha value is -7.15. The predicted octanol–water partition coefficient (Wildman–Crippen LogP) is 12.1. The van der Waals surface area contributed by atoms with E-state index in [9.17, 15) is 5.26 Å². The van der Waals surface area contributed by atoms with Gasteiger partial charge in [0.15, 0.2) is 0 Å². The molecule has 53 heavy (non-hydrogen) atoms. The Morgan fingerprint density at radius 1 is 0.340 bits per heavy atom. The predicted molar refractivity (Wildman–Crippen MR) is 218 cm³/mol. The van der Waals surface area contributed by atoms with Crippen molar-refractivity contribution in [2.24, 2.45) is 0 Å². The zero-order valence-corrected chi connectivity index (χ0v) is 28.9. The van der Waals surface area contributed by atoms with Crippen LogP contribution in [0, 0.1) is 11.3 Å². The first-order valence-electron chi connectivity index (χ1n) is 18.0. The molecule has 8 aromatic carbocycles. The molecule has 0 saturated heterocycles. The minimum Gasteiger partial charge on any atom is -0.309 e. The number of nitriles is 1. The lowest BCUT2D eigenvalue weighted by atomic mass is 9.65. The molecule has 3 nitrogen and oxygen atoms in total. The molecule has 0 spiro atoms. The lowest BCUT2D eigenvalue weighted by Gasteiger charge is -2.37. The quantitative estimate of drug-likeness (QED) is 0.162. The Kier molecular flexibility index (Phi) is 7.09. The van der Waals surface area contributed by atoms with Crippen LogP contribution in [0.25, 0.3) is 55.0 Å². The number of fused-ring (bicyclic) bond motifs is 6. The van der Waals surface area contributed by atoms with Crippen molar-refractivity contribution >= 4 is 43.6 Å². The van der Waals surface area contributed by atoms with Crippen molar-refractivity contribution in [1.29, 1.82) is 5.26 Å². The summed E-state index contributed by atoms with van der Waals surface area (Å²) in [7, 11) is 0. The summed E-state index contributed by atoms with van der Waals surface area (Å²) in [6.45, 7) is 0. The molecule has 0 bridgehead atoms. The van der Waals surface area contributed by atoms with E-state index < -0.39 is 5.41 Å². The van der Waals surface area contributed by atoms with E-state index in [1.165, 1.54) is 33.0 Å². The standard InChI is InChI=1S/C50H33N3/c51-34-35-27-29-48-44(31-35)42-23-10-12-25-46(42)53(48)41-28-30-49-45(33-41)43-24-11-13-26-47(43)52(49)40-22-14-21-39(32-40)50(36-15-4-1-5-16-36,37-17-6-2-7-18-37)38-19-8-3-9-20-38/h1-33H. The minimum atomic E-state index is -0.548. The molecule has 0 unspecified atom stereocenters. The van der Waals surface area contributed by atoms with Crippen molar-refractivity contribution in [2.75, 3.05) is 0 Å². The maximum absolute atomic E-state index is 9.68. The van der Waals surface area contributed by atoms with Gasteiger partial charge in [-0.05, 0) is 82.9 Å². The molecule has 0 aliphatic heterocycles. The minimum absolute atomic E-state index is 0.548. The monoisotopic (exact) mass is 675 g/mol. The third-order valence-corrected chi connectivity index (χ3v) is 10.9. The molecule has 2 heterocycles. The van der Waals surface area contributed by atoms with Gasteiger partial charge in [0.2, 0.25) is 0 Å². The molecule has 0 aliphatic carbocycles. The molecule has 10 rings (SSSR count). The van der Waals surface area contributed by atoms with Crippen molar-refractivity contribution < 1.29 is 0 Å². The number of hydrogen-bond donors (Lipinski definition) is 0. The molecule has 10 aromatic rings. The second-order valence-corrected chi connectivity index (χ2v) is 13.6. The van der Waals surface area contributed by atoms with Crippen molar-refractivity contribution in [3.05, 3.63) is 228 Å². The van der Waals surface area contributed by atoms with Crippen LogP contribution in [-0.2, 0) is 5.41 Å². The molecule has 2 aromatic heterocycles. The molecule has 248 valence electrons. The molecule has 0 saturated carbocycles. The molecule has 0 aliphatic rings. The van der Waals surface area contributed by atoms with E-state index in [0.717, 1.165) is 44.2 Å². The van der Waals surface area contributed by atoms with Gasteiger partial charge >= 0.3 is 0 Å². The van der Waals surface area contributed by atoms with E-state index in [1.807, 2.05) is 12.1 Å². The van der Waals surface area contributed by atoms with E-state index in [4.69, 9.17) is 0 Å². The summed E-state index contributed by atoms with van der Waals surface area (Å²) in [4.78, 5) is 0. The Bertz CT molecular complexity index is 2900. The van der Waals surface area contributed by atoms with Crippen LogP contribution in [-0.4, -0.2) is 9.13 Å². The number of rotatable bonds is 6. The Balaban J connectivity index is 1.22. The normalized spacial score (nSPS) is 11.8. The van der Waals surface area contributed by atoms with Crippen molar-refractivity contribution in [2.45, 2.75) is 5.41 Å². The maximum Gasteiger partial charge on any atom is 0.0991 e. The Labute approximate surface area is 307 Å². The average Bonchev–Trinajstić information content (AvgIpc) is 3.74. The van der Waals surface area contributed by atoms with Gasteiger partial charge in [0.05, 0.1) is 39.1 Å². The van der Waals surface area contributed by atoms with Gasteiger partial charge in [-0.1, -0.05) is 140 Å². The SMILES string of the molecule is N#Cc1ccc2c(c1)c1ccccc1n2-c1ccc2c(c1)c1ccccc1n2-c1cccc(C(c2ccccc2)(c2ccccc2)c2ccccc2)c1. The van der Waals surface area contributed by atoms with Crippen LogP contribution in [0.4, 0.5) is 0 Å². The summed E-state index contributed by atoms with van der Waals surface area (Å²) in [6.07, 6.45) is 0. The largest absolute Gasteiger partial charge is 0.309 e. The van der Waals surface area contributed by atoms with Gasteiger partial charge in [0.25, 0.3) is 0 Å². The molecule has 0 amide bonds. The summed E-state index contributed by atoms with van der Waals surface area (Å²) < 4.78 is 4.74. The molecular weight excluding hydrogens is 643 g/mol. The number of nitrogens with zero attached hydrogens (tertiary/aromatic N) is 3. The van der Waals surface area contributed by atoms with E-state index in [2.05, 4.69) is 203 Å². The molecule has 0 radical (unpaired) electrons. The highest BCUT2D eigenvalue weighted by molar-refractivity contribution is 6.12. The van der Waals surface area contributed by atoms with Crippen LogP contribution in [0.2, 0.25) is 0 Å². The van der Waals surface area contributed by atoms with Crippen LogP contribution < -0.4 is 0 Å². The van der Waals surface area contributed by atoms with Gasteiger partial charge in [-0.25, -0.2) is 0 Å². The van der Waals surface area contributed by atoms with Crippen LogP contribution in [0.1, 0.15) is 27.8 Å². The highest BCUT2D eigenvalue weighted by atomic mass is 15.0. The first-order chi connectivity index (χ1) is 26.3. The fraction of sp³-hybridized carbons (Fsp3) is 0.0200. The molecule has 0 atom stereocenters. The summed E-state index contributed by atoms with van der Waals surface area (Å²) in [5, 5.41) is 14.3. The van der Waals surface area contributed by atoms with Gasteiger partial charge < -0.3 is 9.13 Å². The summed E-state index contributed by atoms with van der Waals surface area (Å²) in [5.74, 6) is 0. The van der Waals surface area contributed by atoms with E-state index in [0.29, 0.717) is 5.56 Å². The lowest BCUT2D eigenvalue weighted by molar-refractivity contribution is 0.744. The Morgan fingerprint density at radius 2 is 0.774 bits per heavy atom. The number of para-hydroxylation sites is 2. The van der Waals surface area contributed by atoms with Gasteiger partial charge in [-0.15, -0.1) is 0 Å². The molecular formula is C50H33N3. The highest BCUT2D eigenvalue weighted by Crippen LogP contribution is 2.46. The fourth-order valence-electron chi connectivity index (χ4n) is 8.64. The van der Waals surface area contributed by atoms with Crippen molar-refractivity contribution in [3.63, 3.8) is 0 Å². The van der Waals surface area contributed by atoms with Crippen molar-refractivity contribution in [3.8, 4) is 17.4 Å². The summed E-state index contributed by atoms with van der Waals surface area (Å²) >= 11 is 0. The van der Waals surface area contributed by atoms with Gasteiger partial charge in [0.1, 0.15) is 0 Å². The van der Waals surface area contributed by atoms with E-state index in [1.54, 1.807) is 0 Å². The molecule has 0 fully saturated rings. The molecule has 0 N–H and O–H groups in total. The topological polar surface area (TPSA) is 33.6 Å². The van der Waals surface area contributed by atoms with Gasteiger partial charge in [0, 0.05) is 32.9 Å². The second kappa shape index (κ2) is 12.3.